The van der Waals surface area contributed by atoms with Gasteiger partial charge in [0.1, 0.15) is 0 Å². The van der Waals surface area contributed by atoms with E-state index in [0.717, 1.165) is 38.0 Å². The molecule has 0 saturated carbocycles. The summed E-state index contributed by atoms with van der Waals surface area (Å²) in [6, 6.07) is 1.55. The SMILES string of the molecule is O=C(O)CCOC1CCN(C2CCN3CCCCC23)CC1. The van der Waals surface area contributed by atoms with Crippen LogP contribution in [0.4, 0.5) is 0 Å². The third kappa shape index (κ3) is 3.76. The monoisotopic (exact) mass is 296 g/mol. The van der Waals surface area contributed by atoms with Crippen molar-refractivity contribution >= 4 is 5.97 Å². The minimum absolute atomic E-state index is 0.125. The van der Waals surface area contributed by atoms with Crippen molar-refractivity contribution in [3.8, 4) is 0 Å². The summed E-state index contributed by atoms with van der Waals surface area (Å²) in [6.07, 6.45) is 7.99. The molecule has 3 heterocycles. The van der Waals surface area contributed by atoms with Gasteiger partial charge in [-0.1, -0.05) is 6.42 Å². The van der Waals surface area contributed by atoms with Crippen LogP contribution in [0.3, 0.4) is 0 Å². The molecule has 0 amide bonds. The van der Waals surface area contributed by atoms with Crippen molar-refractivity contribution in [3.05, 3.63) is 0 Å². The van der Waals surface area contributed by atoms with Crippen molar-refractivity contribution in [1.29, 1.82) is 0 Å². The number of fused-ring (bicyclic) bond motifs is 1. The van der Waals surface area contributed by atoms with Crippen LogP contribution in [0.5, 0.6) is 0 Å². The average molecular weight is 296 g/mol. The molecule has 0 spiro atoms. The van der Waals surface area contributed by atoms with Crippen molar-refractivity contribution < 1.29 is 14.6 Å². The zero-order valence-electron chi connectivity index (χ0n) is 12.9. The molecule has 21 heavy (non-hydrogen) atoms. The smallest absolute Gasteiger partial charge is 0.305 e. The van der Waals surface area contributed by atoms with Gasteiger partial charge in [-0.15, -0.1) is 0 Å². The molecular formula is C16H28N2O3. The van der Waals surface area contributed by atoms with Gasteiger partial charge in [-0.2, -0.15) is 0 Å². The zero-order chi connectivity index (χ0) is 14.7. The van der Waals surface area contributed by atoms with Crippen LogP contribution in [0, 0.1) is 0 Å². The molecule has 3 aliphatic rings. The fourth-order valence-electron chi connectivity index (χ4n) is 4.33. The van der Waals surface area contributed by atoms with Crippen LogP contribution in [-0.4, -0.2) is 71.8 Å². The molecular weight excluding hydrogens is 268 g/mol. The van der Waals surface area contributed by atoms with Crippen molar-refractivity contribution in [1.82, 2.24) is 9.80 Å². The Bertz CT molecular complexity index is 355. The number of hydrogen-bond donors (Lipinski definition) is 1. The number of nitrogens with zero attached hydrogens (tertiary/aromatic N) is 2. The van der Waals surface area contributed by atoms with E-state index in [1.165, 1.54) is 38.8 Å². The standard InChI is InChI=1S/C16H28N2O3/c19-16(20)7-12-21-13-4-9-18(10-5-13)15-6-11-17-8-2-1-3-14(15)17/h13-15H,1-12H2,(H,19,20). The lowest BCUT2D eigenvalue weighted by Crippen LogP contribution is -2.50. The minimum atomic E-state index is -0.768. The first-order chi connectivity index (χ1) is 10.2. The van der Waals surface area contributed by atoms with Gasteiger partial charge in [-0.3, -0.25) is 14.6 Å². The second-order valence-corrected chi connectivity index (χ2v) is 6.70. The van der Waals surface area contributed by atoms with E-state index in [1.807, 2.05) is 0 Å². The second kappa shape index (κ2) is 7.07. The Morgan fingerprint density at radius 3 is 2.38 bits per heavy atom. The lowest BCUT2D eigenvalue weighted by atomic mass is 9.95. The fraction of sp³-hybridized carbons (Fsp3) is 0.938. The largest absolute Gasteiger partial charge is 0.481 e. The number of ether oxygens (including phenoxy) is 1. The number of rotatable bonds is 5. The molecule has 2 atom stereocenters. The molecule has 5 nitrogen and oxygen atoms in total. The normalized spacial score (nSPS) is 32.2. The van der Waals surface area contributed by atoms with Crippen LogP contribution < -0.4 is 0 Å². The molecule has 5 heteroatoms. The topological polar surface area (TPSA) is 53.0 Å². The molecule has 0 radical (unpaired) electrons. The Labute approximate surface area is 127 Å². The summed E-state index contributed by atoms with van der Waals surface area (Å²) in [5.41, 5.74) is 0. The molecule has 0 bridgehead atoms. The maximum absolute atomic E-state index is 10.5. The quantitative estimate of drug-likeness (QED) is 0.834. The summed E-state index contributed by atoms with van der Waals surface area (Å²) >= 11 is 0. The highest BCUT2D eigenvalue weighted by molar-refractivity contribution is 5.66. The lowest BCUT2D eigenvalue weighted by molar-refractivity contribution is -0.138. The van der Waals surface area contributed by atoms with E-state index >= 15 is 0 Å². The first-order valence-electron chi connectivity index (χ1n) is 8.55. The zero-order valence-corrected chi connectivity index (χ0v) is 12.9. The number of carbonyl (C=O) groups is 1. The summed E-state index contributed by atoms with van der Waals surface area (Å²) in [5, 5.41) is 8.65. The van der Waals surface area contributed by atoms with Crippen LogP contribution in [0.15, 0.2) is 0 Å². The van der Waals surface area contributed by atoms with Gasteiger partial charge in [0.2, 0.25) is 0 Å². The van der Waals surface area contributed by atoms with Crippen LogP contribution in [0.25, 0.3) is 0 Å². The van der Waals surface area contributed by atoms with E-state index in [4.69, 9.17) is 9.84 Å². The Morgan fingerprint density at radius 1 is 0.952 bits per heavy atom. The van der Waals surface area contributed by atoms with E-state index in [-0.39, 0.29) is 12.5 Å². The van der Waals surface area contributed by atoms with Gasteiger partial charge in [-0.25, -0.2) is 0 Å². The Morgan fingerprint density at radius 2 is 1.62 bits per heavy atom. The molecule has 0 aliphatic carbocycles. The number of piperidine rings is 2. The van der Waals surface area contributed by atoms with Gasteiger partial charge < -0.3 is 9.84 Å². The van der Waals surface area contributed by atoms with Gasteiger partial charge in [0.25, 0.3) is 0 Å². The summed E-state index contributed by atoms with van der Waals surface area (Å²) in [5.74, 6) is -0.768. The van der Waals surface area contributed by atoms with Crippen molar-refractivity contribution in [2.45, 2.75) is 63.1 Å². The number of carboxylic acid groups (broad SMARTS) is 1. The van der Waals surface area contributed by atoms with Gasteiger partial charge in [-0.05, 0) is 38.6 Å². The predicted octanol–water partition coefficient (Wildman–Crippen LogP) is 1.57. The first-order valence-corrected chi connectivity index (χ1v) is 8.55. The van der Waals surface area contributed by atoms with Gasteiger partial charge in [0.15, 0.2) is 0 Å². The van der Waals surface area contributed by atoms with Crippen LogP contribution in [0.2, 0.25) is 0 Å². The molecule has 0 aromatic heterocycles. The van der Waals surface area contributed by atoms with Crippen LogP contribution in [0.1, 0.15) is 44.9 Å². The average Bonchev–Trinajstić information content (AvgIpc) is 2.92. The molecule has 0 aromatic rings. The molecule has 3 aliphatic heterocycles. The first kappa shape index (κ1) is 15.3. The maximum Gasteiger partial charge on any atom is 0.305 e. The van der Waals surface area contributed by atoms with Crippen molar-refractivity contribution in [3.63, 3.8) is 0 Å². The van der Waals surface area contributed by atoms with Crippen LogP contribution in [-0.2, 0) is 9.53 Å². The predicted molar refractivity (Wildman–Crippen MR) is 80.4 cm³/mol. The lowest BCUT2D eigenvalue weighted by Gasteiger charge is -2.41. The van der Waals surface area contributed by atoms with Gasteiger partial charge in [0, 0.05) is 31.7 Å². The Hall–Kier alpha value is -0.650. The number of likely N-dealkylation sites (tertiary alicyclic amines) is 1. The van der Waals surface area contributed by atoms with E-state index in [2.05, 4.69) is 9.80 Å². The third-order valence-electron chi connectivity index (χ3n) is 5.44. The number of carboxylic acids is 1. The van der Waals surface area contributed by atoms with Crippen molar-refractivity contribution in [2.75, 3.05) is 32.8 Å². The molecule has 1 N–H and O–H groups in total. The number of aliphatic carboxylic acids is 1. The van der Waals surface area contributed by atoms with Crippen molar-refractivity contribution in [2.24, 2.45) is 0 Å². The highest BCUT2D eigenvalue weighted by Gasteiger charge is 2.39. The summed E-state index contributed by atoms with van der Waals surface area (Å²) in [6.45, 7) is 5.18. The Balaban J connectivity index is 1.42. The van der Waals surface area contributed by atoms with E-state index in [9.17, 15) is 4.79 Å². The van der Waals surface area contributed by atoms with E-state index < -0.39 is 5.97 Å². The van der Waals surface area contributed by atoms with E-state index in [1.54, 1.807) is 0 Å². The summed E-state index contributed by atoms with van der Waals surface area (Å²) < 4.78 is 5.69. The van der Waals surface area contributed by atoms with Gasteiger partial charge >= 0.3 is 5.97 Å². The summed E-state index contributed by atoms with van der Waals surface area (Å²) in [7, 11) is 0. The fourth-order valence-corrected chi connectivity index (χ4v) is 4.33. The highest BCUT2D eigenvalue weighted by atomic mass is 16.5. The maximum atomic E-state index is 10.5. The van der Waals surface area contributed by atoms with Gasteiger partial charge in [0.05, 0.1) is 19.1 Å². The Kier molecular flexibility index (Phi) is 5.14. The molecule has 0 aromatic carbocycles. The number of hydrogen-bond acceptors (Lipinski definition) is 4. The third-order valence-corrected chi connectivity index (χ3v) is 5.44. The highest BCUT2D eigenvalue weighted by Crippen LogP contribution is 2.32. The summed E-state index contributed by atoms with van der Waals surface area (Å²) in [4.78, 5) is 15.9. The van der Waals surface area contributed by atoms with Crippen LogP contribution >= 0.6 is 0 Å². The molecule has 2 unspecified atom stereocenters. The van der Waals surface area contributed by atoms with E-state index in [0.29, 0.717) is 6.61 Å². The molecule has 3 rings (SSSR count). The molecule has 3 saturated heterocycles. The minimum Gasteiger partial charge on any atom is -0.481 e. The molecule has 120 valence electrons. The second-order valence-electron chi connectivity index (χ2n) is 6.70. The molecule has 3 fully saturated rings.